The van der Waals surface area contributed by atoms with Crippen LogP contribution in [0.2, 0.25) is 0 Å². The SMILES string of the molecule is CCc1cc(O)ccc1-c1cc(F)c2c(-c3nc4c([nH]3)CN(C(=O)CN3CCOC(C)C3)CC4)n[nH]c2c1. The molecule has 0 saturated carbocycles. The smallest absolute Gasteiger partial charge is 0.237 e. The van der Waals surface area contributed by atoms with Crippen molar-refractivity contribution in [2.45, 2.75) is 39.3 Å². The average molecular weight is 519 g/mol. The first-order chi connectivity index (χ1) is 18.4. The number of carbonyl (C=O) groups excluding carboxylic acids is 1. The van der Waals surface area contributed by atoms with Gasteiger partial charge in [-0.15, -0.1) is 0 Å². The summed E-state index contributed by atoms with van der Waals surface area (Å²) >= 11 is 0. The second-order valence-corrected chi connectivity index (χ2v) is 10.1. The Morgan fingerprint density at radius 2 is 2.13 bits per heavy atom. The summed E-state index contributed by atoms with van der Waals surface area (Å²) in [6.07, 6.45) is 1.47. The van der Waals surface area contributed by atoms with Crippen molar-refractivity contribution in [3.05, 3.63) is 53.1 Å². The van der Waals surface area contributed by atoms with Gasteiger partial charge in [0.2, 0.25) is 5.91 Å². The Balaban J connectivity index is 1.25. The largest absolute Gasteiger partial charge is 0.508 e. The van der Waals surface area contributed by atoms with E-state index in [4.69, 9.17) is 9.72 Å². The predicted molar refractivity (Wildman–Crippen MR) is 141 cm³/mol. The molecule has 1 atom stereocenters. The number of aromatic amines is 2. The number of H-pyrrole nitrogens is 2. The minimum absolute atomic E-state index is 0.0883. The van der Waals surface area contributed by atoms with E-state index < -0.39 is 5.82 Å². The van der Waals surface area contributed by atoms with Crippen molar-refractivity contribution in [2.24, 2.45) is 0 Å². The molecule has 3 N–H and O–H groups in total. The minimum atomic E-state index is -0.401. The van der Waals surface area contributed by atoms with E-state index in [1.807, 2.05) is 24.8 Å². The van der Waals surface area contributed by atoms with E-state index in [0.717, 1.165) is 35.6 Å². The lowest BCUT2D eigenvalue weighted by atomic mass is 9.96. The second-order valence-electron chi connectivity index (χ2n) is 10.1. The van der Waals surface area contributed by atoms with E-state index in [2.05, 4.69) is 20.1 Å². The van der Waals surface area contributed by atoms with E-state index in [-0.39, 0.29) is 17.8 Å². The fourth-order valence-electron chi connectivity index (χ4n) is 5.53. The van der Waals surface area contributed by atoms with E-state index in [1.165, 1.54) is 6.07 Å². The number of nitrogens with zero attached hydrogens (tertiary/aromatic N) is 4. The van der Waals surface area contributed by atoms with Crippen molar-refractivity contribution in [1.82, 2.24) is 30.0 Å². The summed E-state index contributed by atoms with van der Waals surface area (Å²) in [7, 11) is 0. The number of aryl methyl sites for hydroxylation is 1. The number of phenolic OH excluding ortho intramolecular Hbond substituents is 1. The van der Waals surface area contributed by atoms with Gasteiger partial charge in [-0.25, -0.2) is 9.37 Å². The topological polar surface area (TPSA) is 110 Å². The standard InChI is InChI=1S/C28H31FN6O3/c1-3-17-10-19(36)4-5-20(17)18-11-21(29)26-23(12-18)32-33-27(26)28-30-22-6-7-35(14-24(22)31-28)25(37)15-34-8-9-38-16(2)13-34/h4-5,10-12,16,36H,3,6-9,13-15H2,1-2H3,(H,30,31)(H,32,33). The van der Waals surface area contributed by atoms with Crippen molar-refractivity contribution >= 4 is 16.8 Å². The molecular formula is C28H31FN6O3. The monoisotopic (exact) mass is 518 g/mol. The molecule has 4 heterocycles. The van der Waals surface area contributed by atoms with Crippen LogP contribution in [-0.4, -0.2) is 79.9 Å². The predicted octanol–water partition coefficient (Wildman–Crippen LogP) is 3.63. The number of halogens is 1. The highest BCUT2D eigenvalue weighted by atomic mass is 19.1. The first kappa shape index (κ1) is 24.6. The molecule has 0 bridgehead atoms. The van der Waals surface area contributed by atoms with Crippen molar-refractivity contribution in [3.63, 3.8) is 0 Å². The zero-order valence-electron chi connectivity index (χ0n) is 21.6. The lowest BCUT2D eigenvalue weighted by molar-refractivity contribution is -0.135. The third kappa shape index (κ3) is 4.54. The zero-order chi connectivity index (χ0) is 26.4. The van der Waals surface area contributed by atoms with Gasteiger partial charge in [0.05, 0.1) is 48.1 Å². The molecule has 0 aliphatic carbocycles. The molecule has 0 radical (unpaired) electrons. The lowest BCUT2D eigenvalue weighted by Crippen LogP contribution is -2.48. The van der Waals surface area contributed by atoms with Crippen LogP contribution in [0.25, 0.3) is 33.5 Å². The highest BCUT2D eigenvalue weighted by Gasteiger charge is 2.28. The van der Waals surface area contributed by atoms with Crippen LogP contribution in [-0.2, 0) is 28.9 Å². The number of aromatic hydroxyl groups is 1. The van der Waals surface area contributed by atoms with Crippen molar-refractivity contribution in [2.75, 3.05) is 32.8 Å². The Bertz CT molecular complexity index is 1510. The molecule has 1 fully saturated rings. The molecule has 1 saturated heterocycles. The summed E-state index contributed by atoms with van der Waals surface area (Å²) in [5, 5.41) is 17.6. The van der Waals surface area contributed by atoms with E-state index in [9.17, 15) is 9.90 Å². The maximum atomic E-state index is 15.5. The molecule has 10 heteroatoms. The molecule has 198 valence electrons. The average Bonchev–Trinajstić information content (AvgIpc) is 3.52. The van der Waals surface area contributed by atoms with Gasteiger partial charge in [-0.3, -0.25) is 14.8 Å². The van der Waals surface area contributed by atoms with Crippen LogP contribution < -0.4 is 0 Å². The van der Waals surface area contributed by atoms with Crippen LogP contribution in [0.15, 0.2) is 30.3 Å². The first-order valence-electron chi connectivity index (χ1n) is 13.1. The number of aromatic nitrogens is 4. The Kier molecular flexibility index (Phi) is 6.37. The molecule has 2 aliphatic heterocycles. The summed E-state index contributed by atoms with van der Waals surface area (Å²) in [5.41, 5.74) is 5.24. The van der Waals surface area contributed by atoms with Gasteiger partial charge in [-0.1, -0.05) is 13.0 Å². The number of hydrogen-bond acceptors (Lipinski definition) is 6. The van der Waals surface area contributed by atoms with Crippen LogP contribution in [0.3, 0.4) is 0 Å². The van der Waals surface area contributed by atoms with Gasteiger partial charge in [0.15, 0.2) is 5.82 Å². The lowest BCUT2D eigenvalue weighted by Gasteiger charge is -2.33. The number of ether oxygens (including phenoxy) is 1. The van der Waals surface area contributed by atoms with Crippen molar-refractivity contribution in [3.8, 4) is 28.4 Å². The van der Waals surface area contributed by atoms with Crippen LogP contribution in [0, 0.1) is 5.82 Å². The number of benzene rings is 2. The number of carbonyl (C=O) groups is 1. The Labute approximate surface area is 219 Å². The molecular weight excluding hydrogens is 487 g/mol. The molecule has 1 unspecified atom stereocenters. The third-order valence-electron chi connectivity index (χ3n) is 7.49. The Hall–Kier alpha value is -3.76. The van der Waals surface area contributed by atoms with E-state index in [0.29, 0.717) is 67.1 Å². The van der Waals surface area contributed by atoms with Gasteiger partial charge in [0.1, 0.15) is 17.3 Å². The second kappa shape index (κ2) is 9.85. The van der Waals surface area contributed by atoms with Gasteiger partial charge in [0, 0.05) is 26.1 Å². The van der Waals surface area contributed by atoms with Crippen molar-refractivity contribution < 1.29 is 19.0 Å². The summed E-state index contributed by atoms with van der Waals surface area (Å²) in [6.45, 7) is 7.60. The summed E-state index contributed by atoms with van der Waals surface area (Å²) in [6, 6.07) is 8.49. The molecule has 9 nitrogen and oxygen atoms in total. The molecule has 2 aliphatic rings. The zero-order valence-corrected chi connectivity index (χ0v) is 21.6. The molecule has 0 spiro atoms. The third-order valence-corrected chi connectivity index (χ3v) is 7.49. The quantitative estimate of drug-likeness (QED) is 0.372. The number of morpholine rings is 1. The maximum Gasteiger partial charge on any atom is 0.237 e. The summed E-state index contributed by atoms with van der Waals surface area (Å²) in [4.78, 5) is 25.0. The number of nitrogens with one attached hydrogen (secondary N) is 2. The van der Waals surface area contributed by atoms with Gasteiger partial charge in [-0.05, 0) is 54.3 Å². The molecule has 2 aromatic heterocycles. The number of rotatable bonds is 5. The molecule has 38 heavy (non-hydrogen) atoms. The number of imidazole rings is 1. The molecule has 2 aromatic carbocycles. The molecule has 6 rings (SSSR count). The minimum Gasteiger partial charge on any atom is -0.508 e. The highest BCUT2D eigenvalue weighted by molar-refractivity contribution is 5.94. The van der Waals surface area contributed by atoms with Crippen LogP contribution >= 0.6 is 0 Å². The van der Waals surface area contributed by atoms with E-state index >= 15 is 4.39 Å². The van der Waals surface area contributed by atoms with Crippen molar-refractivity contribution in [1.29, 1.82) is 0 Å². The van der Waals surface area contributed by atoms with Gasteiger partial charge in [-0.2, -0.15) is 5.10 Å². The summed E-state index contributed by atoms with van der Waals surface area (Å²) in [5.74, 6) is 0.365. The van der Waals surface area contributed by atoms with Crippen LogP contribution in [0.5, 0.6) is 5.75 Å². The fraction of sp³-hybridized carbons (Fsp3) is 0.393. The number of amides is 1. The highest BCUT2D eigenvalue weighted by Crippen LogP contribution is 2.34. The fourth-order valence-corrected chi connectivity index (χ4v) is 5.53. The first-order valence-corrected chi connectivity index (χ1v) is 13.1. The molecule has 1 amide bonds. The van der Waals surface area contributed by atoms with Gasteiger partial charge in [0.25, 0.3) is 0 Å². The Morgan fingerprint density at radius 1 is 1.26 bits per heavy atom. The van der Waals surface area contributed by atoms with Crippen LogP contribution in [0.1, 0.15) is 30.8 Å². The number of phenols is 1. The number of fused-ring (bicyclic) bond motifs is 2. The number of hydrogen-bond donors (Lipinski definition) is 3. The maximum absolute atomic E-state index is 15.5. The van der Waals surface area contributed by atoms with Crippen LogP contribution in [0.4, 0.5) is 4.39 Å². The molecule has 4 aromatic rings. The van der Waals surface area contributed by atoms with E-state index in [1.54, 1.807) is 18.2 Å². The summed E-state index contributed by atoms with van der Waals surface area (Å²) < 4.78 is 21.1. The normalized spacial score (nSPS) is 18.2. The Morgan fingerprint density at radius 3 is 2.95 bits per heavy atom. The van der Waals surface area contributed by atoms with Gasteiger partial charge < -0.3 is 19.7 Å². The van der Waals surface area contributed by atoms with Gasteiger partial charge >= 0.3 is 0 Å².